The minimum absolute atomic E-state index is 0.251. The molecule has 0 unspecified atom stereocenters. The van der Waals surface area contributed by atoms with Crippen molar-refractivity contribution >= 4 is 11.3 Å². The minimum atomic E-state index is -0.251. The summed E-state index contributed by atoms with van der Waals surface area (Å²) in [5.74, 6) is -0.251. The van der Waals surface area contributed by atoms with Crippen LogP contribution >= 0.6 is 11.3 Å². The number of rotatable bonds is 2. The van der Waals surface area contributed by atoms with Gasteiger partial charge in [-0.2, -0.15) is 0 Å². The van der Waals surface area contributed by atoms with Gasteiger partial charge in [-0.15, -0.1) is 0 Å². The highest BCUT2D eigenvalue weighted by atomic mass is 32.1. The Kier molecular flexibility index (Phi) is 2.68. The van der Waals surface area contributed by atoms with Crippen LogP contribution in [0.25, 0.3) is 10.6 Å². The van der Waals surface area contributed by atoms with Crippen molar-refractivity contribution in [2.45, 2.75) is 6.92 Å². The van der Waals surface area contributed by atoms with Gasteiger partial charge in [-0.25, -0.2) is 9.37 Å². The molecule has 0 N–H and O–H groups in total. The Balaban J connectivity index is 2.45. The van der Waals surface area contributed by atoms with Gasteiger partial charge in [0.25, 0.3) is 0 Å². The average Bonchev–Trinajstić information content (AvgIpc) is 2.60. The van der Waals surface area contributed by atoms with Gasteiger partial charge in [-0.3, -0.25) is 0 Å². The van der Waals surface area contributed by atoms with E-state index in [0.717, 1.165) is 21.3 Å². The third-order valence-corrected chi connectivity index (χ3v) is 3.18. The van der Waals surface area contributed by atoms with E-state index in [9.17, 15) is 4.39 Å². The van der Waals surface area contributed by atoms with Gasteiger partial charge >= 0.3 is 0 Å². The van der Waals surface area contributed by atoms with E-state index in [0.29, 0.717) is 0 Å². The van der Waals surface area contributed by atoms with Gasteiger partial charge in [0, 0.05) is 5.56 Å². The molecule has 1 aromatic carbocycles. The Morgan fingerprint density at radius 3 is 2.80 bits per heavy atom. The fraction of sp³-hybridized carbons (Fsp3) is 0.182. The van der Waals surface area contributed by atoms with E-state index in [1.54, 1.807) is 13.2 Å². The van der Waals surface area contributed by atoms with Crippen molar-refractivity contribution in [3.8, 4) is 15.6 Å². The second-order valence-electron chi connectivity index (χ2n) is 3.11. The molecule has 0 fully saturated rings. The minimum Gasteiger partial charge on any atom is -0.486 e. The molecule has 0 amide bonds. The molecule has 0 saturated carbocycles. The van der Waals surface area contributed by atoms with Crippen LogP contribution in [-0.2, 0) is 0 Å². The van der Waals surface area contributed by atoms with Gasteiger partial charge in [-0.05, 0) is 19.1 Å². The first-order valence-electron chi connectivity index (χ1n) is 4.48. The second kappa shape index (κ2) is 3.98. The number of hydrogen-bond donors (Lipinski definition) is 0. The summed E-state index contributed by atoms with van der Waals surface area (Å²) in [5.41, 5.74) is 1.62. The molecule has 0 radical (unpaired) electrons. The molecule has 1 heterocycles. The summed E-state index contributed by atoms with van der Waals surface area (Å²) < 4.78 is 18.1. The summed E-state index contributed by atoms with van der Waals surface area (Å²) in [6.45, 7) is 1.87. The molecular formula is C11H10FNOS. The molecule has 15 heavy (non-hydrogen) atoms. The zero-order valence-corrected chi connectivity index (χ0v) is 9.27. The summed E-state index contributed by atoms with van der Waals surface area (Å²) >= 11 is 1.42. The van der Waals surface area contributed by atoms with Crippen LogP contribution in [-0.4, -0.2) is 12.1 Å². The van der Waals surface area contributed by atoms with E-state index in [2.05, 4.69) is 4.98 Å². The second-order valence-corrected chi connectivity index (χ2v) is 4.07. The van der Waals surface area contributed by atoms with Crippen LogP contribution < -0.4 is 4.74 Å². The van der Waals surface area contributed by atoms with Gasteiger partial charge in [-0.1, -0.05) is 23.5 Å². The van der Waals surface area contributed by atoms with E-state index in [-0.39, 0.29) is 5.82 Å². The van der Waals surface area contributed by atoms with Crippen LogP contribution in [0.2, 0.25) is 0 Å². The lowest BCUT2D eigenvalue weighted by Crippen LogP contribution is -1.81. The van der Waals surface area contributed by atoms with Gasteiger partial charge in [0.15, 0.2) is 5.06 Å². The maximum atomic E-state index is 13.0. The molecular weight excluding hydrogens is 213 g/mol. The van der Waals surface area contributed by atoms with Crippen LogP contribution in [0, 0.1) is 12.7 Å². The van der Waals surface area contributed by atoms with Crippen molar-refractivity contribution in [3.63, 3.8) is 0 Å². The topological polar surface area (TPSA) is 22.1 Å². The number of ether oxygens (including phenoxy) is 1. The van der Waals surface area contributed by atoms with Gasteiger partial charge in [0.05, 0.1) is 12.8 Å². The van der Waals surface area contributed by atoms with Gasteiger partial charge in [0.2, 0.25) is 0 Å². The molecule has 0 aliphatic carbocycles. The van der Waals surface area contributed by atoms with E-state index in [1.165, 1.54) is 23.5 Å². The predicted octanol–water partition coefficient (Wildman–Crippen LogP) is 3.27. The van der Waals surface area contributed by atoms with Crippen LogP contribution in [0.1, 0.15) is 5.69 Å². The summed E-state index contributed by atoms with van der Waals surface area (Å²) in [7, 11) is 1.61. The lowest BCUT2D eigenvalue weighted by molar-refractivity contribution is 0.423. The summed E-state index contributed by atoms with van der Waals surface area (Å²) in [6.07, 6.45) is 0. The number of nitrogens with zero attached hydrogens (tertiary/aromatic N) is 1. The van der Waals surface area contributed by atoms with Gasteiger partial charge in [0.1, 0.15) is 10.8 Å². The SMILES string of the molecule is COc1sc(-c2cccc(F)c2)nc1C. The monoisotopic (exact) mass is 223 g/mol. The average molecular weight is 223 g/mol. The molecule has 2 nitrogen and oxygen atoms in total. The third-order valence-electron chi connectivity index (χ3n) is 2.01. The van der Waals surface area contributed by atoms with Crippen LogP contribution in [0.15, 0.2) is 24.3 Å². The standard InChI is InChI=1S/C11H10FNOS/c1-7-11(14-2)15-10(13-7)8-4-3-5-9(12)6-8/h3-6H,1-2H3. The number of aryl methyl sites for hydroxylation is 1. The van der Waals surface area contributed by atoms with Crippen LogP contribution in [0.5, 0.6) is 5.06 Å². The zero-order valence-electron chi connectivity index (χ0n) is 8.45. The Labute approximate surface area is 91.4 Å². The summed E-state index contributed by atoms with van der Waals surface area (Å²) in [4.78, 5) is 4.32. The highest BCUT2D eigenvalue weighted by molar-refractivity contribution is 7.17. The fourth-order valence-corrected chi connectivity index (χ4v) is 2.20. The highest BCUT2D eigenvalue weighted by Crippen LogP contribution is 2.33. The number of thiazole rings is 1. The first-order valence-corrected chi connectivity index (χ1v) is 5.29. The van der Waals surface area contributed by atoms with E-state index < -0.39 is 0 Å². The zero-order chi connectivity index (χ0) is 10.8. The number of halogens is 1. The number of hydrogen-bond acceptors (Lipinski definition) is 3. The van der Waals surface area contributed by atoms with Crippen molar-refractivity contribution in [2.24, 2.45) is 0 Å². The first kappa shape index (κ1) is 10.1. The van der Waals surface area contributed by atoms with E-state index in [1.807, 2.05) is 13.0 Å². The van der Waals surface area contributed by atoms with Crippen molar-refractivity contribution < 1.29 is 9.13 Å². The highest BCUT2D eigenvalue weighted by Gasteiger charge is 2.09. The predicted molar refractivity (Wildman–Crippen MR) is 58.8 cm³/mol. The molecule has 78 valence electrons. The van der Waals surface area contributed by atoms with Gasteiger partial charge < -0.3 is 4.74 Å². The molecule has 2 rings (SSSR count). The number of benzene rings is 1. The van der Waals surface area contributed by atoms with Crippen LogP contribution in [0.3, 0.4) is 0 Å². The van der Waals surface area contributed by atoms with Crippen molar-refractivity contribution in [3.05, 3.63) is 35.8 Å². The molecule has 0 aliphatic rings. The quantitative estimate of drug-likeness (QED) is 0.779. The molecule has 0 atom stereocenters. The summed E-state index contributed by atoms with van der Waals surface area (Å²) in [5, 5.41) is 1.55. The largest absolute Gasteiger partial charge is 0.486 e. The Hall–Kier alpha value is -1.42. The Morgan fingerprint density at radius 1 is 1.40 bits per heavy atom. The normalized spacial score (nSPS) is 10.3. The van der Waals surface area contributed by atoms with Crippen molar-refractivity contribution in [2.75, 3.05) is 7.11 Å². The molecule has 2 aromatic rings. The molecule has 0 saturated heterocycles. The molecule has 0 bridgehead atoms. The Bertz CT molecular complexity index is 481. The molecule has 1 aromatic heterocycles. The first-order chi connectivity index (χ1) is 7.20. The smallest absolute Gasteiger partial charge is 0.197 e. The third kappa shape index (κ3) is 1.99. The van der Waals surface area contributed by atoms with Crippen LogP contribution in [0.4, 0.5) is 4.39 Å². The lowest BCUT2D eigenvalue weighted by atomic mass is 10.2. The Morgan fingerprint density at radius 2 is 2.20 bits per heavy atom. The fourth-order valence-electron chi connectivity index (χ4n) is 1.32. The van der Waals surface area contributed by atoms with Crippen molar-refractivity contribution in [1.29, 1.82) is 0 Å². The summed E-state index contributed by atoms with van der Waals surface area (Å²) in [6, 6.07) is 6.40. The van der Waals surface area contributed by atoms with E-state index >= 15 is 0 Å². The lowest BCUT2D eigenvalue weighted by Gasteiger charge is -1.94. The number of methoxy groups -OCH3 is 1. The number of aromatic nitrogens is 1. The molecule has 4 heteroatoms. The maximum Gasteiger partial charge on any atom is 0.197 e. The molecule has 0 spiro atoms. The maximum absolute atomic E-state index is 13.0. The molecule has 0 aliphatic heterocycles. The van der Waals surface area contributed by atoms with E-state index in [4.69, 9.17) is 4.74 Å². The van der Waals surface area contributed by atoms with Crippen molar-refractivity contribution in [1.82, 2.24) is 4.98 Å².